The summed E-state index contributed by atoms with van der Waals surface area (Å²) in [7, 11) is 0. The number of carbonyl (C=O) groups excluding carboxylic acids is 1. The van der Waals surface area contributed by atoms with Crippen LogP contribution >= 0.6 is 0 Å². The van der Waals surface area contributed by atoms with E-state index in [1.165, 1.54) is 39.8 Å². The monoisotopic (exact) mass is 728 g/mol. The highest BCUT2D eigenvalue weighted by atomic mass is 19.3. The topological polar surface area (TPSA) is 145 Å². The van der Waals surface area contributed by atoms with Crippen molar-refractivity contribution in [2.75, 3.05) is 13.2 Å². The fraction of sp³-hybridized carbons (Fsp3) is 0.500. The van der Waals surface area contributed by atoms with Gasteiger partial charge in [0.15, 0.2) is 13.2 Å². The first-order valence-electron chi connectivity index (χ1n) is 14.9. The van der Waals surface area contributed by atoms with E-state index in [0.717, 1.165) is 17.7 Å². The Morgan fingerprint density at radius 3 is 1.94 bits per heavy atom. The summed E-state index contributed by atoms with van der Waals surface area (Å²) in [5.41, 5.74) is 10.1. The summed E-state index contributed by atoms with van der Waals surface area (Å²) >= 11 is 0. The number of aryl methyl sites for hydroxylation is 1. The van der Waals surface area contributed by atoms with Gasteiger partial charge in [-0.1, -0.05) is 31.2 Å². The third kappa shape index (κ3) is 11.9. The van der Waals surface area contributed by atoms with Gasteiger partial charge in [-0.25, -0.2) is 19.0 Å². The second kappa shape index (κ2) is 14.8. The Hall–Kier alpha value is -3.84. The molecule has 0 amide bonds. The molecule has 0 radical (unpaired) electrons. The molecule has 18 heteroatoms. The van der Waals surface area contributed by atoms with Crippen LogP contribution in [0.4, 0.5) is 35.1 Å². The maximum absolute atomic E-state index is 14.2. The number of nitrogens with two attached hydrogens (primary N) is 2. The normalized spacial score (nSPS) is 14.1. The molecule has 0 spiro atoms. The van der Waals surface area contributed by atoms with Crippen LogP contribution in [0.2, 0.25) is 0 Å². The molecule has 0 aliphatic carbocycles. The number of fused-ring (bicyclic) bond motifs is 1. The van der Waals surface area contributed by atoms with Gasteiger partial charge in [0, 0.05) is 22.5 Å². The first kappa shape index (κ1) is 40.6. The summed E-state index contributed by atoms with van der Waals surface area (Å²) < 4.78 is 135. The standard InChI is InChI=1S/C32H36F8N2O8/c1-6-18-9-7-8-10-21(18)22-13-19-11-12-20(14-24(19)47-25(22)43)45-16-29(33,34)48-31(37,38)50-32(39,40)49-30(35,36)17-46-26(44)23(28(4,5)42)15-27(2,3)41/h7-14,23H,6,15-17,41-42H2,1-5H3. The SMILES string of the molecule is CCc1ccccc1-c1cc2ccc(OCC(F)(F)OC(F)(F)OC(F)(F)OC(F)(F)COC(=O)C(CC(C)(C)N)C(C)(C)N)cc2oc1=O. The zero-order valence-corrected chi connectivity index (χ0v) is 27.5. The molecule has 1 heterocycles. The summed E-state index contributed by atoms with van der Waals surface area (Å²) in [5, 5.41) is 0.345. The molecule has 10 nitrogen and oxygen atoms in total. The summed E-state index contributed by atoms with van der Waals surface area (Å²) in [4.78, 5) is 25.0. The fourth-order valence-electron chi connectivity index (χ4n) is 4.65. The van der Waals surface area contributed by atoms with Gasteiger partial charge in [-0.15, -0.1) is 17.6 Å². The van der Waals surface area contributed by atoms with Crippen molar-refractivity contribution in [2.24, 2.45) is 17.4 Å². The molecule has 278 valence electrons. The second-order valence-corrected chi connectivity index (χ2v) is 12.6. The number of esters is 1. The van der Waals surface area contributed by atoms with Crippen LogP contribution in [0, 0.1) is 5.92 Å². The average Bonchev–Trinajstić information content (AvgIpc) is 2.94. The zero-order valence-electron chi connectivity index (χ0n) is 27.5. The van der Waals surface area contributed by atoms with Gasteiger partial charge in [0.2, 0.25) is 0 Å². The third-order valence-electron chi connectivity index (χ3n) is 6.87. The van der Waals surface area contributed by atoms with Gasteiger partial charge in [0.25, 0.3) is 0 Å². The lowest BCUT2D eigenvalue weighted by Gasteiger charge is -2.34. The smallest absolute Gasteiger partial charge is 0.484 e. The minimum absolute atomic E-state index is 0.128. The lowest BCUT2D eigenvalue weighted by atomic mass is 9.80. The van der Waals surface area contributed by atoms with Crippen molar-refractivity contribution in [3.8, 4) is 16.9 Å². The second-order valence-electron chi connectivity index (χ2n) is 12.6. The average molecular weight is 729 g/mol. The van der Waals surface area contributed by atoms with Crippen molar-refractivity contribution in [3.05, 3.63) is 64.5 Å². The number of hydrogen-bond donors (Lipinski definition) is 2. The number of hydrogen-bond acceptors (Lipinski definition) is 10. The van der Waals surface area contributed by atoms with Crippen LogP contribution in [0.15, 0.2) is 57.7 Å². The maximum Gasteiger partial charge on any atom is 0.496 e. The lowest BCUT2D eigenvalue weighted by molar-refractivity contribution is -0.574. The molecule has 0 saturated carbocycles. The molecule has 50 heavy (non-hydrogen) atoms. The number of benzene rings is 2. The Kier molecular flexibility index (Phi) is 12.0. The number of alkyl halides is 8. The Balaban J connectivity index is 1.62. The van der Waals surface area contributed by atoms with Crippen LogP contribution in [0.25, 0.3) is 22.1 Å². The molecule has 1 aromatic heterocycles. The van der Waals surface area contributed by atoms with E-state index in [4.69, 9.17) is 20.6 Å². The molecule has 1 atom stereocenters. The van der Waals surface area contributed by atoms with Gasteiger partial charge in [-0.3, -0.25) is 4.79 Å². The molecule has 0 aliphatic rings. The molecule has 2 aromatic carbocycles. The highest BCUT2D eigenvalue weighted by molar-refractivity contribution is 5.83. The molecule has 3 aromatic rings. The largest absolute Gasteiger partial charge is 0.496 e. The first-order chi connectivity index (χ1) is 22.7. The molecule has 0 aliphatic heterocycles. The maximum atomic E-state index is 14.2. The van der Waals surface area contributed by atoms with Crippen molar-refractivity contribution >= 4 is 16.9 Å². The summed E-state index contributed by atoms with van der Waals surface area (Å²) in [6, 6.07) is 12.0. The molecule has 4 N–H and O–H groups in total. The van der Waals surface area contributed by atoms with Gasteiger partial charge >= 0.3 is 36.4 Å². The van der Waals surface area contributed by atoms with Crippen molar-refractivity contribution in [1.82, 2.24) is 0 Å². The van der Waals surface area contributed by atoms with Crippen LogP contribution in [0.5, 0.6) is 5.75 Å². The van der Waals surface area contributed by atoms with Crippen LogP contribution < -0.4 is 21.8 Å². The van der Waals surface area contributed by atoms with Gasteiger partial charge in [-0.05, 0) is 69.9 Å². The van der Waals surface area contributed by atoms with Gasteiger partial charge < -0.3 is 25.4 Å². The molecule has 0 fully saturated rings. The van der Waals surface area contributed by atoms with E-state index in [1.807, 2.05) is 13.0 Å². The van der Waals surface area contributed by atoms with Crippen molar-refractivity contribution < 1.29 is 68.0 Å². The van der Waals surface area contributed by atoms with Crippen LogP contribution in [0.1, 0.15) is 46.6 Å². The Morgan fingerprint density at radius 1 is 0.800 bits per heavy atom. The number of rotatable bonds is 17. The molecular formula is C32H36F8N2O8. The number of halogens is 8. The van der Waals surface area contributed by atoms with Gasteiger partial charge in [0.05, 0.1) is 11.5 Å². The Morgan fingerprint density at radius 2 is 1.38 bits per heavy atom. The molecule has 0 bridgehead atoms. The highest BCUT2D eigenvalue weighted by Gasteiger charge is 2.57. The van der Waals surface area contributed by atoms with E-state index in [0.29, 0.717) is 17.4 Å². The predicted molar refractivity (Wildman–Crippen MR) is 161 cm³/mol. The van der Waals surface area contributed by atoms with Crippen LogP contribution in [0.3, 0.4) is 0 Å². The number of ether oxygens (including phenoxy) is 5. The number of carbonyl (C=O) groups is 1. The molecule has 3 rings (SSSR count). The third-order valence-corrected chi connectivity index (χ3v) is 6.87. The predicted octanol–water partition coefficient (Wildman–Crippen LogP) is 6.76. The van der Waals surface area contributed by atoms with Gasteiger partial charge in [0.1, 0.15) is 11.3 Å². The molecular weight excluding hydrogens is 692 g/mol. The van der Waals surface area contributed by atoms with E-state index in [2.05, 4.69) is 18.9 Å². The van der Waals surface area contributed by atoms with Gasteiger partial charge in [-0.2, -0.15) is 17.6 Å². The molecule has 0 saturated heterocycles. The zero-order chi connectivity index (χ0) is 37.9. The lowest BCUT2D eigenvalue weighted by Crippen LogP contribution is -2.51. The van der Waals surface area contributed by atoms with Crippen LogP contribution in [-0.2, 0) is 30.2 Å². The van der Waals surface area contributed by atoms with Crippen molar-refractivity contribution in [1.29, 1.82) is 0 Å². The summed E-state index contributed by atoms with van der Waals surface area (Å²) in [6.07, 6.45) is -21.7. The Bertz CT molecular complexity index is 1700. The highest BCUT2D eigenvalue weighted by Crippen LogP contribution is 2.38. The quantitative estimate of drug-likeness (QED) is 0.0662. The summed E-state index contributed by atoms with van der Waals surface area (Å²) in [5.74, 6) is -3.15. The minimum Gasteiger partial charge on any atom is -0.484 e. The van der Waals surface area contributed by atoms with E-state index in [9.17, 15) is 44.7 Å². The van der Waals surface area contributed by atoms with E-state index >= 15 is 0 Å². The molecule has 1 unspecified atom stereocenters. The Labute approximate surface area is 280 Å². The van der Waals surface area contributed by atoms with Crippen molar-refractivity contribution in [3.63, 3.8) is 0 Å². The van der Waals surface area contributed by atoms with E-state index in [1.54, 1.807) is 18.2 Å². The summed E-state index contributed by atoms with van der Waals surface area (Å²) in [6.45, 7) is 3.29. The van der Waals surface area contributed by atoms with Crippen molar-refractivity contribution in [2.45, 2.75) is 83.3 Å². The minimum atomic E-state index is -5.96. The fourth-order valence-corrected chi connectivity index (χ4v) is 4.65. The van der Waals surface area contributed by atoms with Crippen LogP contribution in [-0.4, -0.2) is 55.1 Å². The first-order valence-corrected chi connectivity index (χ1v) is 14.9. The van der Waals surface area contributed by atoms with E-state index < -0.39 is 72.4 Å². The van der Waals surface area contributed by atoms with E-state index in [-0.39, 0.29) is 17.6 Å².